The molecule has 0 fully saturated rings. The molecule has 1 aromatic heterocycles. The third-order valence-corrected chi connectivity index (χ3v) is 3.23. The number of aryl methyl sites for hydroxylation is 1. The second kappa shape index (κ2) is 4.85. The molecule has 0 aliphatic rings. The number of halogens is 4. The second-order valence-corrected chi connectivity index (χ2v) is 5.09. The molecule has 0 aliphatic carbocycles. The van der Waals surface area contributed by atoms with Crippen LogP contribution in [0.5, 0.6) is 0 Å². The fourth-order valence-corrected chi connectivity index (χ4v) is 2.36. The minimum absolute atomic E-state index is 0.0184. The summed E-state index contributed by atoms with van der Waals surface area (Å²) in [6, 6.07) is 2.04. The van der Waals surface area contributed by atoms with Crippen molar-refractivity contribution in [3.8, 4) is 0 Å². The normalized spacial score (nSPS) is 10.7. The quantitative estimate of drug-likeness (QED) is 0.752. The van der Waals surface area contributed by atoms with E-state index < -0.39 is 23.0 Å². The Morgan fingerprint density at radius 2 is 1.83 bits per heavy atom. The van der Waals surface area contributed by atoms with Crippen molar-refractivity contribution in [2.24, 2.45) is 7.05 Å². The van der Waals surface area contributed by atoms with Crippen LogP contribution in [0.25, 0.3) is 0 Å². The van der Waals surface area contributed by atoms with Gasteiger partial charge in [0.2, 0.25) is 5.78 Å². The lowest BCUT2D eigenvalue weighted by Crippen LogP contribution is -2.13. The van der Waals surface area contributed by atoms with E-state index in [4.69, 9.17) is 0 Å². The highest BCUT2D eigenvalue weighted by Crippen LogP contribution is 2.24. The Labute approximate surface area is 117 Å². The minimum Gasteiger partial charge on any atom is -0.287 e. The third-order valence-electron chi connectivity index (χ3n) is 2.23. The first-order valence-corrected chi connectivity index (χ1v) is 6.25. The average molecular weight is 381 g/mol. The van der Waals surface area contributed by atoms with E-state index in [1.54, 1.807) is 0 Å². The van der Waals surface area contributed by atoms with Crippen molar-refractivity contribution < 1.29 is 13.6 Å². The number of hydrogen-bond donors (Lipinski definition) is 0. The van der Waals surface area contributed by atoms with Gasteiger partial charge in [0.15, 0.2) is 4.60 Å². The zero-order valence-corrected chi connectivity index (χ0v) is 12.1. The van der Waals surface area contributed by atoms with Crippen LogP contribution in [0.4, 0.5) is 8.78 Å². The Bertz CT molecular complexity index is 600. The molecule has 2 rings (SSSR count). The molecule has 1 heterocycles. The molecule has 0 bridgehead atoms. The molecule has 18 heavy (non-hydrogen) atoms. The predicted octanol–water partition coefficient (Wildman–Crippen LogP) is 2.85. The molecule has 0 saturated heterocycles. The van der Waals surface area contributed by atoms with E-state index in [1.165, 1.54) is 7.05 Å². The van der Waals surface area contributed by atoms with Crippen LogP contribution >= 0.6 is 31.9 Å². The molecule has 0 N–H and O–H groups in total. The highest BCUT2D eigenvalue weighted by Gasteiger charge is 2.25. The van der Waals surface area contributed by atoms with Gasteiger partial charge in [-0.15, -0.1) is 5.10 Å². The van der Waals surface area contributed by atoms with E-state index in [2.05, 4.69) is 42.2 Å². The smallest absolute Gasteiger partial charge is 0.219 e. The van der Waals surface area contributed by atoms with Crippen molar-refractivity contribution in [3.63, 3.8) is 0 Å². The van der Waals surface area contributed by atoms with Crippen LogP contribution in [0.3, 0.4) is 0 Å². The van der Waals surface area contributed by atoms with Crippen LogP contribution in [0.1, 0.15) is 16.1 Å². The fraction of sp³-hybridized carbons (Fsp3) is 0.100. The van der Waals surface area contributed by atoms with Gasteiger partial charge in [-0.3, -0.25) is 4.79 Å². The van der Waals surface area contributed by atoms with E-state index in [-0.39, 0.29) is 14.8 Å². The van der Waals surface area contributed by atoms with Gasteiger partial charge < -0.3 is 0 Å². The van der Waals surface area contributed by atoms with Gasteiger partial charge in [-0.1, -0.05) is 21.1 Å². The van der Waals surface area contributed by atoms with Crippen molar-refractivity contribution >= 4 is 37.6 Å². The molecule has 0 atom stereocenters. The zero-order chi connectivity index (χ0) is 13.4. The summed E-state index contributed by atoms with van der Waals surface area (Å²) in [6.07, 6.45) is 0. The van der Waals surface area contributed by atoms with Gasteiger partial charge in [0, 0.05) is 11.5 Å². The minimum atomic E-state index is -0.944. The van der Waals surface area contributed by atoms with Crippen LogP contribution in [0.15, 0.2) is 21.2 Å². The maximum atomic E-state index is 13.7. The van der Waals surface area contributed by atoms with Crippen molar-refractivity contribution in [2.75, 3.05) is 0 Å². The molecule has 0 unspecified atom stereocenters. The summed E-state index contributed by atoms with van der Waals surface area (Å²) in [6.45, 7) is 0. The first-order chi connectivity index (χ1) is 8.41. The Morgan fingerprint density at radius 3 is 2.28 bits per heavy atom. The van der Waals surface area contributed by atoms with Crippen molar-refractivity contribution in [2.45, 2.75) is 0 Å². The van der Waals surface area contributed by atoms with Gasteiger partial charge >= 0.3 is 0 Å². The fourth-order valence-electron chi connectivity index (χ4n) is 1.45. The van der Waals surface area contributed by atoms with Crippen LogP contribution in [-0.2, 0) is 7.05 Å². The van der Waals surface area contributed by atoms with Gasteiger partial charge in [0.25, 0.3) is 0 Å². The van der Waals surface area contributed by atoms with Gasteiger partial charge in [0.05, 0.1) is 5.56 Å². The first kappa shape index (κ1) is 13.3. The summed E-state index contributed by atoms with van der Waals surface area (Å²) in [7, 11) is 1.46. The maximum Gasteiger partial charge on any atom is 0.219 e. The van der Waals surface area contributed by atoms with E-state index in [0.717, 1.165) is 16.8 Å². The highest BCUT2D eigenvalue weighted by atomic mass is 79.9. The van der Waals surface area contributed by atoms with E-state index in [9.17, 15) is 13.6 Å². The highest BCUT2D eigenvalue weighted by molar-refractivity contribution is 9.10. The van der Waals surface area contributed by atoms with Crippen LogP contribution in [0.2, 0.25) is 0 Å². The summed E-state index contributed by atoms with van der Waals surface area (Å²) in [5.41, 5.74) is -0.653. The molecule has 0 aliphatic heterocycles. The van der Waals surface area contributed by atoms with Gasteiger partial charge in [-0.25, -0.2) is 13.5 Å². The lowest BCUT2D eigenvalue weighted by Gasteiger charge is -2.05. The van der Waals surface area contributed by atoms with Gasteiger partial charge in [-0.2, -0.15) is 0 Å². The second-order valence-electron chi connectivity index (χ2n) is 3.43. The van der Waals surface area contributed by atoms with Gasteiger partial charge in [-0.05, 0) is 28.1 Å². The predicted molar refractivity (Wildman–Crippen MR) is 66.2 cm³/mol. The SMILES string of the molecule is Cn1nnc(Br)c1C(=O)c1c(F)cc(Br)cc1F. The lowest BCUT2D eigenvalue weighted by atomic mass is 10.1. The topological polar surface area (TPSA) is 47.8 Å². The van der Waals surface area contributed by atoms with Crippen molar-refractivity contribution in [3.05, 3.63) is 44.1 Å². The molecule has 0 saturated carbocycles. The Hall–Kier alpha value is -1.15. The van der Waals surface area contributed by atoms with E-state index in [1.807, 2.05) is 0 Å². The monoisotopic (exact) mass is 379 g/mol. The van der Waals surface area contributed by atoms with E-state index >= 15 is 0 Å². The van der Waals surface area contributed by atoms with E-state index in [0.29, 0.717) is 0 Å². The summed E-state index contributed by atoms with van der Waals surface area (Å²) < 4.78 is 28.8. The standard InChI is InChI=1S/C10H5Br2F2N3O/c1-17-8(10(12)15-16-17)9(18)7-5(13)2-4(11)3-6(7)14/h2-3H,1H3. The number of aromatic nitrogens is 3. The summed E-state index contributed by atoms with van der Waals surface area (Å²) in [5, 5.41) is 7.18. The number of nitrogens with zero attached hydrogens (tertiary/aromatic N) is 3. The number of carbonyl (C=O) groups is 1. The lowest BCUT2D eigenvalue weighted by molar-refractivity contribution is 0.102. The number of benzene rings is 1. The molecule has 1 aromatic carbocycles. The zero-order valence-electron chi connectivity index (χ0n) is 8.92. The summed E-state index contributed by atoms with van der Waals surface area (Å²) in [4.78, 5) is 12.1. The Balaban J connectivity index is 2.60. The molecular weight excluding hydrogens is 376 g/mol. The Kier molecular flexibility index (Phi) is 3.58. The molecule has 2 aromatic rings. The molecule has 0 radical (unpaired) electrons. The number of rotatable bonds is 2. The summed E-state index contributed by atoms with van der Waals surface area (Å²) in [5.74, 6) is -2.71. The number of ketones is 1. The van der Waals surface area contributed by atoms with Gasteiger partial charge in [0.1, 0.15) is 17.3 Å². The summed E-state index contributed by atoms with van der Waals surface area (Å²) >= 11 is 5.95. The van der Waals surface area contributed by atoms with Crippen LogP contribution < -0.4 is 0 Å². The molecule has 94 valence electrons. The molecular formula is C10H5Br2F2N3O. The number of carbonyl (C=O) groups excluding carboxylic acids is 1. The number of hydrogen-bond acceptors (Lipinski definition) is 3. The Morgan fingerprint density at radius 1 is 1.28 bits per heavy atom. The molecule has 0 spiro atoms. The average Bonchev–Trinajstić information content (AvgIpc) is 2.56. The van der Waals surface area contributed by atoms with Crippen LogP contribution in [0, 0.1) is 11.6 Å². The molecule has 4 nitrogen and oxygen atoms in total. The van der Waals surface area contributed by atoms with Crippen LogP contribution in [-0.4, -0.2) is 20.8 Å². The first-order valence-electron chi connectivity index (χ1n) is 4.66. The van der Waals surface area contributed by atoms with Crippen molar-refractivity contribution in [1.29, 1.82) is 0 Å². The van der Waals surface area contributed by atoms with Crippen molar-refractivity contribution in [1.82, 2.24) is 15.0 Å². The molecule has 0 amide bonds. The largest absolute Gasteiger partial charge is 0.287 e. The molecule has 8 heteroatoms. The third kappa shape index (κ3) is 2.22. The maximum absolute atomic E-state index is 13.7.